The van der Waals surface area contributed by atoms with Gasteiger partial charge in [0.15, 0.2) is 0 Å². The van der Waals surface area contributed by atoms with Crippen molar-refractivity contribution in [1.82, 2.24) is 0 Å². The summed E-state index contributed by atoms with van der Waals surface area (Å²) in [5.74, 6) is 0. The molecule has 2 unspecified atom stereocenters. The van der Waals surface area contributed by atoms with Gasteiger partial charge in [-0.15, -0.1) is 0 Å². The molecule has 0 radical (unpaired) electrons. The minimum Gasteiger partial charge on any atom is -0.376 e. The summed E-state index contributed by atoms with van der Waals surface area (Å²) in [4.78, 5) is 0. The summed E-state index contributed by atoms with van der Waals surface area (Å²) in [7, 11) is 0. The molecule has 0 fully saturated rings. The van der Waals surface area contributed by atoms with Crippen molar-refractivity contribution in [1.29, 1.82) is 0 Å². The highest BCUT2D eigenvalue weighted by atomic mass is 35.5. The van der Waals surface area contributed by atoms with Gasteiger partial charge in [-0.05, 0) is 38.0 Å². The van der Waals surface area contributed by atoms with Crippen LogP contribution in [0, 0.1) is 0 Å². The van der Waals surface area contributed by atoms with E-state index in [1.807, 2.05) is 38.1 Å². The first kappa shape index (κ1) is 16.4. The Labute approximate surface area is 121 Å². The Bertz CT molecular complexity index is 354. The van der Waals surface area contributed by atoms with Crippen LogP contribution in [0.3, 0.4) is 0 Å². The average molecular weight is 286 g/mol. The number of ether oxygens (including phenoxy) is 2. The van der Waals surface area contributed by atoms with Crippen molar-refractivity contribution in [2.24, 2.45) is 5.73 Å². The fourth-order valence-corrected chi connectivity index (χ4v) is 1.92. The van der Waals surface area contributed by atoms with E-state index in [1.54, 1.807) is 0 Å². The third kappa shape index (κ3) is 5.91. The number of benzene rings is 1. The first-order chi connectivity index (χ1) is 9.04. The molecule has 4 heteroatoms. The van der Waals surface area contributed by atoms with Crippen LogP contribution in [0.1, 0.15) is 38.9 Å². The molecule has 1 rings (SSSR count). The Kier molecular flexibility index (Phi) is 7.39. The van der Waals surface area contributed by atoms with E-state index in [0.717, 1.165) is 17.0 Å². The molecule has 0 aliphatic rings. The summed E-state index contributed by atoms with van der Waals surface area (Å²) in [5, 5.41) is 0.718. The molecule has 108 valence electrons. The fraction of sp³-hybridized carbons (Fsp3) is 0.600. The second-order valence-corrected chi connectivity index (χ2v) is 5.27. The van der Waals surface area contributed by atoms with Crippen LogP contribution in [0.25, 0.3) is 0 Å². The number of halogens is 1. The van der Waals surface area contributed by atoms with Gasteiger partial charge < -0.3 is 15.2 Å². The van der Waals surface area contributed by atoms with Crippen LogP contribution in [-0.4, -0.2) is 25.4 Å². The van der Waals surface area contributed by atoms with E-state index in [-0.39, 0.29) is 18.2 Å². The summed E-state index contributed by atoms with van der Waals surface area (Å²) in [6.45, 7) is 7.20. The molecule has 0 spiro atoms. The minimum absolute atomic E-state index is 0.0276. The zero-order valence-corrected chi connectivity index (χ0v) is 12.7. The van der Waals surface area contributed by atoms with Crippen molar-refractivity contribution in [3.8, 4) is 0 Å². The van der Waals surface area contributed by atoms with Gasteiger partial charge in [0, 0.05) is 11.1 Å². The maximum absolute atomic E-state index is 6.13. The quantitative estimate of drug-likeness (QED) is 0.743. The molecular weight excluding hydrogens is 262 g/mol. The van der Waals surface area contributed by atoms with E-state index in [4.69, 9.17) is 26.8 Å². The Morgan fingerprint density at radius 3 is 2.21 bits per heavy atom. The summed E-state index contributed by atoms with van der Waals surface area (Å²) < 4.78 is 11.4. The van der Waals surface area contributed by atoms with Gasteiger partial charge in [0.25, 0.3) is 0 Å². The zero-order valence-electron chi connectivity index (χ0n) is 11.9. The van der Waals surface area contributed by atoms with Gasteiger partial charge in [0.1, 0.15) is 0 Å². The van der Waals surface area contributed by atoms with Crippen LogP contribution >= 0.6 is 11.6 Å². The van der Waals surface area contributed by atoms with Crippen molar-refractivity contribution in [3.63, 3.8) is 0 Å². The van der Waals surface area contributed by atoms with Gasteiger partial charge in [0.2, 0.25) is 0 Å². The largest absolute Gasteiger partial charge is 0.376 e. The maximum Gasteiger partial charge on any atom is 0.0976 e. The van der Waals surface area contributed by atoms with Crippen molar-refractivity contribution < 1.29 is 9.47 Å². The van der Waals surface area contributed by atoms with Crippen LogP contribution < -0.4 is 5.73 Å². The molecule has 2 N–H and O–H groups in total. The highest BCUT2D eigenvalue weighted by molar-refractivity contribution is 6.30. The molecule has 0 bridgehead atoms. The van der Waals surface area contributed by atoms with Crippen molar-refractivity contribution in [3.05, 3.63) is 34.9 Å². The average Bonchev–Trinajstić information content (AvgIpc) is 2.39. The van der Waals surface area contributed by atoms with Gasteiger partial charge in [-0.25, -0.2) is 0 Å². The van der Waals surface area contributed by atoms with E-state index in [9.17, 15) is 0 Å². The topological polar surface area (TPSA) is 44.5 Å². The lowest BCUT2D eigenvalue weighted by molar-refractivity contribution is -0.0224. The minimum atomic E-state index is -0.113. The number of rotatable bonds is 8. The molecule has 3 nitrogen and oxygen atoms in total. The third-order valence-electron chi connectivity index (χ3n) is 2.89. The molecule has 19 heavy (non-hydrogen) atoms. The monoisotopic (exact) mass is 285 g/mol. The molecule has 0 aliphatic carbocycles. The molecule has 0 saturated carbocycles. The van der Waals surface area contributed by atoms with E-state index >= 15 is 0 Å². The van der Waals surface area contributed by atoms with Crippen LogP contribution in [-0.2, 0) is 9.47 Å². The van der Waals surface area contributed by atoms with Crippen LogP contribution in [0.15, 0.2) is 24.3 Å². The van der Waals surface area contributed by atoms with E-state index in [1.165, 1.54) is 0 Å². The third-order valence-corrected chi connectivity index (χ3v) is 3.14. The van der Waals surface area contributed by atoms with Crippen molar-refractivity contribution in [2.45, 2.75) is 45.4 Å². The highest BCUT2D eigenvalue weighted by Gasteiger charge is 2.19. The molecule has 0 saturated heterocycles. The molecule has 2 atom stereocenters. The Morgan fingerprint density at radius 1 is 1.11 bits per heavy atom. The Hall–Kier alpha value is -0.610. The van der Waals surface area contributed by atoms with Crippen LogP contribution in [0.2, 0.25) is 5.02 Å². The highest BCUT2D eigenvalue weighted by Crippen LogP contribution is 2.23. The Balaban J connectivity index is 2.59. The van der Waals surface area contributed by atoms with E-state index in [0.29, 0.717) is 13.2 Å². The summed E-state index contributed by atoms with van der Waals surface area (Å²) in [5.41, 5.74) is 7.19. The molecule has 1 aromatic carbocycles. The first-order valence-electron chi connectivity index (χ1n) is 6.78. The lowest BCUT2D eigenvalue weighted by Gasteiger charge is -2.24. The summed E-state index contributed by atoms with van der Waals surface area (Å²) in [6.07, 6.45) is 0.966. The van der Waals surface area contributed by atoms with Crippen LogP contribution in [0.5, 0.6) is 0 Å². The lowest BCUT2D eigenvalue weighted by atomic mass is 10.0. The predicted octanol–water partition coefficient (Wildman–Crippen LogP) is 3.56. The van der Waals surface area contributed by atoms with Crippen LogP contribution in [0.4, 0.5) is 0 Å². The van der Waals surface area contributed by atoms with Gasteiger partial charge >= 0.3 is 0 Å². The normalized spacial score (nSPS) is 14.6. The number of hydrogen-bond acceptors (Lipinski definition) is 3. The summed E-state index contributed by atoms with van der Waals surface area (Å²) in [6, 6.07) is 7.62. The Morgan fingerprint density at radius 2 is 1.68 bits per heavy atom. The number of hydrogen-bond donors (Lipinski definition) is 1. The second kappa shape index (κ2) is 8.54. The smallest absolute Gasteiger partial charge is 0.0976 e. The zero-order chi connectivity index (χ0) is 14.3. The predicted molar refractivity (Wildman–Crippen MR) is 79.5 cm³/mol. The SMILES string of the molecule is CCC(N)C(OCCOC(C)C)c1ccc(Cl)cc1. The van der Waals surface area contributed by atoms with E-state index < -0.39 is 0 Å². The molecule has 0 aromatic heterocycles. The lowest BCUT2D eigenvalue weighted by Crippen LogP contribution is -2.30. The maximum atomic E-state index is 6.13. The molecular formula is C15H24ClNO2. The van der Waals surface area contributed by atoms with Gasteiger partial charge in [0.05, 0.1) is 25.4 Å². The number of nitrogens with two attached hydrogens (primary N) is 1. The second-order valence-electron chi connectivity index (χ2n) is 4.83. The van der Waals surface area contributed by atoms with Gasteiger partial charge in [-0.1, -0.05) is 30.7 Å². The first-order valence-corrected chi connectivity index (χ1v) is 7.16. The molecule has 0 aliphatic heterocycles. The summed E-state index contributed by atoms with van der Waals surface area (Å²) >= 11 is 5.90. The standard InChI is InChI=1S/C15H24ClNO2/c1-4-14(17)15(19-10-9-18-11(2)3)12-5-7-13(16)8-6-12/h5-8,11,14-15H,4,9-10,17H2,1-3H3. The van der Waals surface area contributed by atoms with Crippen molar-refractivity contribution in [2.75, 3.05) is 13.2 Å². The van der Waals surface area contributed by atoms with Gasteiger partial charge in [-0.3, -0.25) is 0 Å². The molecule has 1 aromatic rings. The van der Waals surface area contributed by atoms with E-state index in [2.05, 4.69) is 6.92 Å². The molecule has 0 heterocycles. The van der Waals surface area contributed by atoms with Gasteiger partial charge in [-0.2, -0.15) is 0 Å². The van der Waals surface area contributed by atoms with Crippen molar-refractivity contribution >= 4 is 11.6 Å². The fourth-order valence-electron chi connectivity index (χ4n) is 1.79. The molecule has 0 amide bonds.